The highest BCUT2D eigenvalue weighted by atomic mass is 79.9. The first-order valence-corrected chi connectivity index (χ1v) is 10.5. The smallest absolute Gasteiger partial charge is 0.257 e. The summed E-state index contributed by atoms with van der Waals surface area (Å²) in [5.41, 5.74) is 2.55. The average molecular weight is 462 g/mol. The third kappa shape index (κ3) is 5.23. The predicted molar refractivity (Wildman–Crippen MR) is 121 cm³/mol. The number of benzene rings is 2. The third-order valence-corrected chi connectivity index (χ3v) is 5.74. The van der Waals surface area contributed by atoms with Crippen LogP contribution in [-0.4, -0.2) is 31.2 Å². The molecular weight excluding hydrogens is 438 g/mol. The summed E-state index contributed by atoms with van der Waals surface area (Å²) < 4.78 is 5.89. The van der Waals surface area contributed by atoms with E-state index in [9.17, 15) is 4.79 Å². The number of anilines is 2. The molecule has 3 rings (SSSR count). The van der Waals surface area contributed by atoms with Gasteiger partial charge in [0.05, 0.1) is 11.6 Å². The van der Waals surface area contributed by atoms with Crippen LogP contribution in [0.2, 0.25) is 0 Å². The van der Waals surface area contributed by atoms with Crippen LogP contribution in [0, 0.1) is 5.92 Å². The fraction of sp³-hybridized carbons (Fsp3) is 0.333. The van der Waals surface area contributed by atoms with Gasteiger partial charge in [-0.15, -0.1) is 0 Å². The van der Waals surface area contributed by atoms with Crippen molar-refractivity contribution < 1.29 is 9.53 Å². The number of rotatable bonds is 4. The van der Waals surface area contributed by atoms with Crippen LogP contribution in [0.4, 0.5) is 11.4 Å². The molecule has 1 aliphatic heterocycles. The molecule has 0 aliphatic carbocycles. The van der Waals surface area contributed by atoms with Crippen LogP contribution >= 0.6 is 28.1 Å². The molecule has 0 unspecified atom stereocenters. The lowest BCUT2D eigenvalue weighted by molar-refractivity contribution is 0.0977. The molecule has 1 aliphatic rings. The minimum absolute atomic E-state index is 0.261. The van der Waals surface area contributed by atoms with Crippen LogP contribution in [0.5, 0.6) is 5.75 Å². The minimum Gasteiger partial charge on any atom is -0.496 e. The van der Waals surface area contributed by atoms with Crippen molar-refractivity contribution in [1.29, 1.82) is 0 Å². The maximum Gasteiger partial charge on any atom is 0.257 e. The van der Waals surface area contributed by atoms with E-state index in [2.05, 4.69) is 50.5 Å². The van der Waals surface area contributed by atoms with Crippen molar-refractivity contribution in [3.63, 3.8) is 0 Å². The average Bonchev–Trinajstić information content (AvgIpc) is 2.69. The number of piperidine rings is 1. The molecule has 148 valence electrons. The van der Waals surface area contributed by atoms with Crippen LogP contribution < -0.4 is 20.3 Å². The molecule has 5 nitrogen and oxygen atoms in total. The molecule has 2 aromatic rings. The minimum atomic E-state index is -0.278. The van der Waals surface area contributed by atoms with Crippen LogP contribution in [0.3, 0.4) is 0 Å². The van der Waals surface area contributed by atoms with E-state index in [-0.39, 0.29) is 11.0 Å². The number of nitrogens with one attached hydrogen (secondary N) is 2. The van der Waals surface area contributed by atoms with E-state index in [1.54, 1.807) is 25.3 Å². The number of methoxy groups -OCH3 is 1. The Labute approximate surface area is 179 Å². The van der Waals surface area contributed by atoms with Gasteiger partial charge in [-0.25, -0.2) is 0 Å². The van der Waals surface area contributed by atoms with E-state index < -0.39 is 0 Å². The molecule has 1 saturated heterocycles. The lowest BCUT2D eigenvalue weighted by Gasteiger charge is -2.32. The molecule has 0 saturated carbocycles. The highest BCUT2D eigenvalue weighted by Gasteiger charge is 2.16. The van der Waals surface area contributed by atoms with E-state index in [0.29, 0.717) is 15.8 Å². The zero-order valence-corrected chi connectivity index (χ0v) is 18.4. The zero-order chi connectivity index (χ0) is 20.1. The number of amides is 1. The zero-order valence-electron chi connectivity index (χ0n) is 16.0. The summed E-state index contributed by atoms with van der Waals surface area (Å²) in [5.74, 6) is 1.20. The van der Waals surface area contributed by atoms with Gasteiger partial charge >= 0.3 is 0 Å². The number of halogens is 1. The molecule has 0 bridgehead atoms. The molecular formula is C21H24BrN3O2S. The van der Waals surface area contributed by atoms with E-state index in [0.717, 1.165) is 24.7 Å². The predicted octanol–water partition coefficient (Wildman–Crippen LogP) is 4.82. The van der Waals surface area contributed by atoms with Gasteiger partial charge < -0.3 is 15.0 Å². The molecule has 1 amide bonds. The lowest BCUT2D eigenvalue weighted by atomic mass is 9.99. The first kappa shape index (κ1) is 20.6. The Bertz CT molecular complexity index is 849. The van der Waals surface area contributed by atoms with Gasteiger partial charge in [-0.3, -0.25) is 10.1 Å². The monoisotopic (exact) mass is 461 g/mol. The van der Waals surface area contributed by atoms with E-state index >= 15 is 0 Å². The van der Waals surface area contributed by atoms with Gasteiger partial charge in [0.25, 0.3) is 5.91 Å². The van der Waals surface area contributed by atoms with Crippen molar-refractivity contribution in [3.05, 3.63) is 52.5 Å². The van der Waals surface area contributed by atoms with Crippen molar-refractivity contribution in [3.8, 4) is 5.75 Å². The topological polar surface area (TPSA) is 53.6 Å². The van der Waals surface area contributed by atoms with Crippen LogP contribution in [0.1, 0.15) is 30.1 Å². The number of carbonyl (C=O) groups excluding carboxylic acids is 1. The summed E-state index contributed by atoms with van der Waals surface area (Å²) in [5, 5.41) is 6.02. The summed E-state index contributed by atoms with van der Waals surface area (Å²) in [4.78, 5) is 14.8. The maximum absolute atomic E-state index is 12.4. The fourth-order valence-electron chi connectivity index (χ4n) is 3.17. The second-order valence-electron chi connectivity index (χ2n) is 6.97. The number of thiocarbonyl (C=S) groups is 1. The molecule has 1 heterocycles. The molecule has 1 fully saturated rings. The van der Waals surface area contributed by atoms with Gasteiger partial charge in [-0.1, -0.05) is 6.92 Å². The number of carbonyl (C=O) groups is 1. The molecule has 7 heteroatoms. The number of hydrogen-bond acceptors (Lipinski definition) is 4. The molecule has 0 aromatic heterocycles. The van der Waals surface area contributed by atoms with E-state index in [1.807, 2.05) is 12.1 Å². The van der Waals surface area contributed by atoms with E-state index in [1.165, 1.54) is 18.5 Å². The highest BCUT2D eigenvalue weighted by Crippen LogP contribution is 2.26. The van der Waals surface area contributed by atoms with Crippen molar-refractivity contribution >= 4 is 50.5 Å². The largest absolute Gasteiger partial charge is 0.496 e. The van der Waals surface area contributed by atoms with Gasteiger partial charge in [-0.05, 0) is 89.4 Å². The van der Waals surface area contributed by atoms with Gasteiger partial charge in [0.15, 0.2) is 5.11 Å². The number of ether oxygens (including phenoxy) is 1. The van der Waals surface area contributed by atoms with Gasteiger partial charge in [0, 0.05) is 30.0 Å². The highest BCUT2D eigenvalue weighted by molar-refractivity contribution is 9.10. The number of hydrogen-bond donors (Lipinski definition) is 2. The normalized spacial score (nSPS) is 14.5. The molecule has 28 heavy (non-hydrogen) atoms. The summed E-state index contributed by atoms with van der Waals surface area (Å²) >= 11 is 8.66. The van der Waals surface area contributed by atoms with Gasteiger partial charge in [0.1, 0.15) is 5.75 Å². The SMILES string of the molecule is COc1ccc(C(=O)NC(=S)Nc2ccc(N3CCC(C)CC3)cc2)cc1Br. The Hall–Kier alpha value is -2.12. The Morgan fingerprint density at radius 1 is 1.18 bits per heavy atom. The van der Waals surface area contributed by atoms with Crippen molar-refractivity contribution in [2.75, 3.05) is 30.4 Å². The van der Waals surface area contributed by atoms with Crippen LogP contribution in [0.15, 0.2) is 46.9 Å². The summed E-state index contributed by atoms with van der Waals surface area (Å²) in [7, 11) is 1.58. The third-order valence-electron chi connectivity index (χ3n) is 4.91. The van der Waals surface area contributed by atoms with Crippen LogP contribution in [0.25, 0.3) is 0 Å². The second kappa shape index (κ2) is 9.39. The summed E-state index contributed by atoms with van der Waals surface area (Å²) in [6.45, 7) is 4.50. The quantitative estimate of drug-likeness (QED) is 0.639. The lowest BCUT2D eigenvalue weighted by Crippen LogP contribution is -2.34. The molecule has 0 spiro atoms. The Balaban J connectivity index is 1.55. The Morgan fingerprint density at radius 3 is 2.46 bits per heavy atom. The van der Waals surface area contributed by atoms with Crippen molar-refractivity contribution in [2.24, 2.45) is 5.92 Å². The second-order valence-corrected chi connectivity index (χ2v) is 8.24. The molecule has 0 radical (unpaired) electrons. The van der Waals surface area contributed by atoms with Gasteiger partial charge in [0.2, 0.25) is 0 Å². The molecule has 2 aromatic carbocycles. The summed E-state index contributed by atoms with van der Waals surface area (Å²) in [6.07, 6.45) is 2.47. The number of nitrogens with zero attached hydrogens (tertiary/aromatic N) is 1. The van der Waals surface area contributed by atoms with Gasteiger partial charge in [-0.2, -0.15) is 0 Å². The maximum atomic E-state index is 12.4. The van der Waals surface area contributed by atoms with Crippen LogP contribution in [-0.2, 0) is 0 Å². The fourth-order valence-corrected chi connectivity index (χ4v) is 3.92. The summed E-state index contributed by atoms with van der Waals surface area (Å²) in [6, 6.07) is 13.3. The first-order valence-electron chi connectivity index (χ1n) is 9.27. The van der Waals surface area contributed by atoms with Crippen molar-refractivity contribution in [1.82, 2.24) is 5.32 Å². The molecule has 2 N–H and O–H groups in total. The Morgan fingerprint density at radius 2 is 1.86 bits per heavy atom. The standard InChI is InChI=1S/C21H24BrN3O2S/c1-14-9-11-25(12-10-14)17-6-4-16(5-7-17)23-21(28)24-20(26)15-3-8-19(27-2)18(22)13-15/h3-8,13-14H,9-12H2,1-2H3,(H2,23,24,26,28). The Kier molecular flexibility index (Phi) is 6.91. The first-order chi connectivity index (χ1) is 13.5. The van der Waals surface area contributed by atoms with Crippen molar-refractivity contribution in [2.45, 2.75) is 19.8 Å². The molecule has 0 atom stereocenters. The van der Waals surface area contributed by atoms with E-state index in [4.69, 9.17) is 17.0 Å².